The van der Waals surface area contributed by atoms with Crippen LogP contribution >= 0.6 is 11.3 Å². The molecule has 4 nitrogen and oxygen atoms in total. The van der Waals surface area contributed by atoms with Gasteiger partial charge in [-0.25, -0.2) is 0 Å². The lowest BCUT2D eigenvalue weighted by Crippen LogP contribution is -2.08. The second-order valence-corrected chi connectivity index (χ2v) is 5.00. The summed E-state index contributed by atoms with van der Waals surface area (Å²) in [7, 11) is 3.63. The van der Waals surface area contributed by atoms with E-state index in [0.29, 0.717) is 0 Å². The molecule has 1 aromatic heterocycles. The Balaban J connectivity index is 2.08. The maximum Gasteiger partial charge on any atom is 0.147 e. The predicted molar refractivity (Wildman–Crippen MR) is 74.1 cm³/mol. The summed E-state index contributed by atoms with van der Waals surface area (Å²) in [5.74, 6) is 0.847. The van der Waals surface area contributed by atoms with Gasteiger partial charge in [-0.1, -0.05) is 23.5 Å². The molecule has 0 fully saturated rings. The number of nitrogens with zero attached hydrogens (tertiary/aromatic N) is 2. The lowest BCUT2D eigenvalue weighted by molar-refractivity contribution is 0.415. The molecule has 0 aliphatic carbocycles. The second-order valence-electron chi connectivity index (χ2n) is 3.94. The molecule has 0 aliphatic rings. The van der Waals surface area contributed by atoms with Gasteiger partial charge in [-0.05, 0) is 32.1 Å². The van der Waals surface area contributed by atoms with Gasteiger partial charge in [0.05, 0.1) is 7.11 Å². The molecule has 0 bridgehead atoms. The number of hydrogen-bond donors (Lipinski definition) is 1. The van der Waals surface area contributed by atoms with Crippen LogP contribution in [0.15, 0.2) is 24.3 Å². The van der Waals surface area contributed by atoms with Crippen LogP contribution in [-0.4, -0.2) is 30.9 Å². The van der Waals surface area contributed by atoms with Crippen LogP contribution in [0, 0.1) is 0 Å². The standard InChI is InChI=1S/C13H17N3OS/c1-14-8-4-7-12-15-16-13(18-12)10-5-3-6-11(9-10)17-2/h3,5-6,9,14H,4,7-8H2,1-2H3. The molecule has 0 spiro atoms. The molecule has 0 saturated carbocycles. The molecule has 0 radical (unpaired) electrons. The molecule has 0 atom stereocenters. The normalized spacial score (nSPS) is 10.6. The molecular formula is C13H17N3OS. The van der Waals surface area contributed by atoms with E-state index in [1.54, 1.807) is 18.4 Å². The average molecular weight is 263 g/mol. The fourth-order valence-electron chi connectivity index (χ4n) is 1.64. The third kappa shape index (κ3) is 3.27. The minimum absolute atomic E-state index is 0.847. The van der Waals surface area contributed by atoms with Gasteiger partial charge >= 0.3 is 0 Å². The number of aromatic nitrogens is 2. The van der Waals surface area contributed by atoms with Crippen molar-refractivity contribution >= 4 is 11.3 Å². The van der Waals surface area contributed by atoms with Crippen molar-refractivity contribution in [1.29, 1.82) is 0 Å². The van der Waals surface area contributed by atoms with Crippen LogP contribution in [-0.2, 0) is 6.42 Å². The van der Waals surface area contributed by atoms with Crippen LogP contribution in [0.1, 0.15) is 11.4 Å². The summed E-state index contributed by atoms with van der Waals surface area (Å²) in [6.45, 7) is 1.01. The molecule has 18 heavy (non-hydrogen) atoms. The van der Waals surface area contributed by atoms with Gasteiger partial charge < -0.3 is 10.1 Å². The lowest BCUT2D eigenvalue weighted by atomic mass is 10.2. The maximum absolute atomic E-state index is 5.21. The van der Waals surface area contributed by atoms with E-state index in [0.717, 1.165) is 40.7 Å². The van der Waals surface area contributed by atoms with E-state index in [-0.39, 0.29) is 0 Å². The maximum atomic E-state index is 5.21. The molecule has 2 rings (SSSR count). The molecule has 0 unspecified atom stereocenters. The first-order chi connectivity index (χ1) is 8.83. The van der Waals surface area contributed by atoms with E-state index in [1.165, 1.54) is 0 Å². The summed E-state index contributed by atoms with van der Waals surface area (Å²) in [6, 6.07) is 7.91. The molecule has 2 aromatic rings. The van der Waals surface area contributed by atoms with Crippen LogP contribution in [0.2, 0.25) is 0 Å². The Kier molecular flexibility index (Phi) is 4.66. The zero-order valence-electron chi connectivity index (χ0n) is 10.6. The summed E-state index contributed by atoms with van der Waals surface area (Å²) in [5.41, 5.74) is 1.06. The summed E-state index contributed by atoms with van der Waals surface area (Å²) in [6.07, 6.45) is 2.06. The third-order valence-corrected chi connectivity index (χ3v) is 3.63. The monoisotopic (exact) mass is 263 g/mol. The van der Waals surface area contributed by atoms with Crippen molar-refractivity contribution in [3.63, 3.8) is 0 Å². The highest BCUT2D eigenvalue weighted by atomic mass is 32.1. The van der Waals surface area contributed by atoms with Crippen LogP contribution in [0.3, 0.4) is 0 Å². The number of benzene rings is 1. The fraction of sp³-hybridized carbons (Fsp3) is 0.385. The summed E-state index contributed by atoms with van der Waals surface area (Å²) in [4.78, 5) is 0. The zero-order chi connectivity index (χ0) is 12.8. The molecule has 0 aliphatic heterocycles. The first kappa shape index (κ1) is 13.0. The van der Waals surface area contributed by atoms with Gasteiger partial charge in [0.15, 0.2) is 0 Å². The van der Waals surface area contributed by atoms with Gasteiger partial charge in [0.1, 0.15) is 15.8 Å². The van der Waals surface area contributed by atoms with Crippen LogP contribution in [0.5, 0.6) is 5.75 Å². The van der Waals surface area contributed by atoms with E-state index in [2.05, 4.69) is 15.5 Å². The van der Waals surface area contributed by atoms with E-state index < -0.39 is 0 Å². The molecule has 1 N–H and O–H groups in total. The Morgan fingerprint density at radius 1 is 1.33 bits per heavy atom. The third-order valence-electron chi connectivity index (χ3n) is 2.60. The Bertz CT molecular complexity index is 498. The quantitative estimate of drug-likeness (QED) is 0.813. The van der Waals surface area contributed by atoms with Crippen LogP contribution in [0.4, 0.5) is 0 Å². The van der Waals surface area contributed by atoms with Gasteiger partial charge in [-0.3, -0.25) is 0 Å². The number of hydrogen-bond acceptors (Lipinski definition) is 5. The first-order valence-corrected chi connectivity index (χ1v) is 6.76. The summed E-state index contributed by atoms with van der Waals surface area (Å²) < 4.78 is 5.21. The van der Waals surface area contributed by atoms with E-state index in [9.17, 15) is 0 Å². The fourth-order valence-corrected chi connectivity index (χ4v) is 2.52. The minimum Gasteiger partial charge on any atom is -0.497 e. The van der Waals surface area contributed by atoms with E-state index >= 15 is 0 Å². The highest BCUT2D eigenvalue weighted by molar-refractivity contribution is 7.14. The van der Waals surface area contributed by atoms with Gasteiger partial charge in [-0.15, -0.1) is 10.2 Å². The molecule has 0 saturated heterocycles. The van der Waals surface area contributed by atoms with Crippen molar-refractivity contribution < 1.29 is 4.74 Å². The summed E-state index contributed by atoms with van der Waals surface area (Å²) >= 11 is 1.65. The van der Waals surface area contributed by atoms with Crippen LogP contribution < -0.4 is 10.1 Å². The van der Waals surface area contributed by atoms with E-state index in [4.69, 9.17) is 4.74 Å². The van der Waals surface area contributed by atoms with Crippen molar-refractivity contribution in [3.05, 3.63) is 29.3 Å². The molecule has 5 heteroatoms. The van der Waals surface area contributed by atoms with Gasteiger partial charge in [-0.2, -0.15) is 0 Å². The molecule has 1 aromatic carbocycles. The first-order valence-electron chi connectivity index (χ1n) is 5.95. The van der Waals surface area contributed by atoms with Crippen molar-refractivity contribution in [3.8, 4) is 16.3 Å². The SMILES string of the molecule is CNCCCc1nnc(-c2cccc(OC)c2)s1. The largest absolute Gasteiger partial charge is 0.497 e. The highest BCUT2D eigenvalue weighted by Gasteiger charge is 2.07. The van der Waals surface area contributed by atoms with Crippen molar-refractivity contribution in [1.82, 2.24) is 15.5 Å². The highest BCUT2D eigenvalue weighted by Crippen LogP contribution is 2.26. The Hall–Kier alpha value is -1.46. The number of aryl methyl sites for hydroxylation is 1. The number of nitrogens with one attached hydrogen (secondary N) is 1. The van der Waals surface area contributed by atoms with E-state index in [1.807, 2.05) is 31.3 Å². The predicted octanol–water partition coefficient (Wildman–Crippen LogP) is 2.37. The zero-order valence-corrected chi connectivity index (χ0v) is 11.5. The Morgan fingerprint density at radius 2 is 2.22 bits per heavy atom. The Morgan fingerprint density at radius 3 is 3.00 bits per heavy atom. The molecule has 0 amide bonds. The van der Waals surface area contributed by atoms with Gasteiger partial charge in [0.25, 0.3) is 0 Å². The smallest absolute Gasteiger partial charge is 0.147 e. The number of methoxy groups -OCH3 is 1. The number of rotatable bonds is 6. The molecule has 96 valence electrons. The average Bonchev–Trinajstić information content (AvgIpc) is 2.88. The van der Waals surface area contributed by atoms with Crippen molar-refractivity contribution in [2.24, 2.45) is 0 Å². The molecule has 1 heterocycles. The Labute approximate surface area is 111 Å². The minimum atomic E-state index is 0.847. The van der Waals surface area contributed by atoms with Gasteiger partial charge in [0.2, 0.25) is 0 Å². The molecular weight excluding hydrogens is 246 g/mol. The van der Waals surface area contributed by atoms with Crippen molar-refractivity contribution in [2.75, 3.05) is 20.7 Å². The summed E-state index contributed by atoms with van der Waals surface area (Å²) in [5, 5.41) is 13.6. The lowest BCUT2D eigenvalue weighted by Gasteiger charge is -2.00. The van der Waals surface area contributed by atoms with Crippen LogP contribution in [0.25, 0.3) is 10.6 Å². The second kappa shape index (κ2) is 6.47. The van der Waals surface area contributed by atoms with Gasteiger partial charge in [0, 0.05) is 12.0 Å². The topological polar surface area (TPSA) is 47.0 Å². The van der Waals surface area contributed by atoms with Crippen molar-refractivity contribution in [2.45, 2.75) is 12.8 Å². The number of ether oxygens (including phenoxy) is 1.